The summed E-state index contributed by atoms with van der Waals surface area (Å²) in [6.45, 7) is 0. The Bertz CT molecular complexity index is 665. The van der Waals surface area contributed by atoms with E-state index < -0.39 is 5.97 Å². The standard InChI is InChI=1S/C16H14ClNO3/c1-21-18-15(11-6-8-13(17)9-7-11)10-12-4-2-3-5-14(12)16(19)20/h2-9H,10H2,1H3,(H,19,20). The van der Waals surface area contributed by atoms with Gasteiger partial charge in [0.15, 0.2) is 0 Å². The first-order valence-corrected chi connectivity index (χ1v) is 6.66. The fraction of sp³-hybridized carbons (Fsp3) is 0.125. The average Bonchev–Trinajstić information content (AvgIpc) is 2.48. The maximum absolute atomic E-state index is 11.3. The van der Waals surface area contributed by atoms with Crippen LogP contribution in [0, 0.1) is 0 Å². The molecule has 4 nitrogen and oxygen atoms in total. The van der Waals surface area contributed by atoms with Crippen molar-refractivity contribution in [2.24, 2.45) is 5.16 Å². The van der Waals surface area contributed by atoms with Gasteiger partial charge in [-0.15, -0.1) is 0 Å². The zero-order valence-electron chi connectivity index (χ0n) is 11.4. The Morgan fingerprint density at radius 2 is 1.86 bits per heavy atom. The Hall–Kier alpha value is -2.33. The SMILES string of the molecule is CON=C(Cc1ccccc1C(=O)O)c1ccc(Cl)cc1. The molecule has 2 rings (SSSR count). The summed E-state index contributed by atoms with van der Waals surface area (Å²) in [6, 6.07) is 14.0. The molecule has 0 spiro atoms. The zero-order valence-corrected chi connectivity index (χ0v) is 12.2. The molecule has 0 radical (unpaired) electrons. The lowest BCUT2D eigenvalue weighted by Crippen LogP contribution is -2.10. The highest BCUT2D eigenvalue weighted by atomic mass is 35.5. The molecule has 2 aromatic rings. The van der Waals surface area contributed by atoms with Gasteiger partial charge in [-0.05, 0) is 29.3 Å². The van der Waals surface area contributed by atoms with Crippen molar-refractivity contribution in [2.45, 2.75) is 6.42 Å². The van der Waals surface area contributed by atoms with Gasteiger partial charge in [0, 0.05) is 11.4 Å². The van der Waals surface area contributed by atoms with E-state index in [1.54, 1.807) is 36.4 Å². The summed E-state index contributed by atoms with van der Waals surface area (Å²) in [4.78, 5) is 16.1. The van der Waals surface area contributed by atoms with E-state index in [2.05, 4.69) is 5.16 Å². The Labute approximate surface area is 127 Å². The van der Waals surface area contributed by atoms with Crippen molar-refractivity contribution >= 4 is 23.3 Å². The second-order valence-corrected chi connectivity index (χ2v) is 4.80. The first kappa shape index (κ1) is 15.1. The lowest BCUT2D eigenvalue weighted by atomic mass is 9.98. The number of hydrogen-bond acceptors (Lipinski definition) is 3. The van der Waals surface area contributed by atoms with Gasteiger partial charge in [-0.1, -0.05) is 47.1 Å². The third-order valence-electron chi connectivity index (χ3n) is 2.98. The van der Waals surface area contributed by atoms with Crippen molar-refractivity contribution in [2.75, 3.05) is 7.11 Å². The van der Waals surface area contributed by atoms with Crippen molar-refractivity contribution in [3.05, 3.63) is 70.2 Å². The molecular formula is C16H14ClNO3. The van der Waals surface area contributed by atoms with Gasteiger partial charge in [-0.2, -0.15) is 0 Å². The lowest BCUT2D eigenvalue weighted by molar-refractivity contribution is 0.0696. The number of benzene rings is 2. The fourth-order valence-corrected chi connectivity index (χ4v) is 2.13. The van der Waals surface area contributed by atoms with Crippen molar-refractivity contribution in [1.29, 1.82) is 0 Å². The van der Waals surface area contributed by atoms with Crippen molar-refractivity contribution < 1.29 is 14.7 Å². The smallest absolute Gasteiger partial charge is 0.335 e. The molecule has 108 valence electrons. The largest absolute Gasteiger partial charge is 0.478 e. The minimum absolute atomic E-state index is 0.260. The molecule has 5 heteroatoms. The molecule has 2 aromatic carbocycles. The van der Waals surface area contributed by atoms with Crippen LogP contribution in [0.3, 0.4) is 0 Å². The molecule has 1 N–H and O–H groups in total. The van der Waals surface area contributed by atoms with Crippen LogP contribution in [0.1, 0.15) is 21.5 Å². The topological polar surface area (TPSA) is 58.9 Å². The van der Waals surface area contributed by atoms with E-state index >= 15 is 0 Å². The van der Waals surface area contributed by atoms with Crippen LogP contribution >= 0.6 is 11.6 Å². The maximum Gasteiger partial charge on any atom is 0.335 e. The van der Waals surface area contributed by atoms with Gasteiger partial charge in [-0.25, -0.2) is 4.79 Å². The molecule has 0 fully saturated rings. The highest BCUT2D eigenvalue weighted by molar-refractivity contribution is 6.30. The third-order valence-corrected chi connectivity index (χ3v) is 3.24. The molecule has 0 saturated carbocycles. The lowest BCUT2D eigenvalue weighted by Gasteiger charge is -2.09. The van der Waals surface area contributed by atoms with Crippen LogP contribution in [0.15, 0.2) is 53.7 Å². The van der Waals surface area contributed by atoms with E-state index in [1.807, 2.05) is 12.1 Å². The Balaban J connectivity index is 2.36. The van der Waals surface area contributed by atoms with E-state index in [0.29, 0.717) is 22.7 Å². The van der Waals surface area contributed by atoms with Gasteiger partial charge in [0.2, 0.25) is 0 Å². The minimum Gasteiger partial charge on any atom is -0.478 e. The van der Waals surface area contributed by atoms with E-state index in [-0.39, 0.29) is 5.56 Å². The first-order valence-electron chi connectivity index (χ1n) is 6.29. The second-order valence-electron chi connectivity index (χ2n) is 4.37. The predicted octanol–water partition coefficient (Wildman–Crippen LogP) is 3.63. The summed E-state index contributed by atoms with van der Waals surface area (Å²) in [6.07, 6.45) is 0.359. The average molecular weight is 304 g/mol. The van der Waals surface area contributed by atoms with Gasteiger partial charge >= 0.3 is 5.97 Å². The summed E-state index contributed by atoms with van der Waals surface area (Å²) < 4.78 is 0. The number of carbonyl (C=O) groups is 1. The van der Waals surface area contributed by atoms with E-state index in [1.165, 1.54) is 7.11 Å². The van der Waals surface area contributed by atoms with Gasteiger partial charge in [0.1, 0.15) is 7.11 Å². The third kappa shape index (κ3) is 3.83. The number of carboxylic acid groups (broad SMARTS) is 1. The van der Waals surface area contributed by atoms with Crippen LogP contribution in [-0.2, 0) is 11.3 Å². The summed E-state index contributed by atoms with van der Waals surface area (Å²) >= 11 is 5.87. The van der Waals surface area contributed by atoms with Crippen molar-refractivity contribution in [3.63, 3.8) is 0 Å². The number of oxime groups is 1. The molecule has 0 aromatic heterocycles. The summed E-state index contributed by atoms with van der Waals surface area (Å²) in [5, 5.41) is 13.9. The zero-order chi connectivity index (χ0) is 15.2. The minimum atomic E-state index is -0.960. The summed E-state index contributed by atoms with van der Waals surface area (Å²) in [5.74, 6) is -0.960. The first-order chi connectivity index (χ1) is 10.1. The maximum atomic E-state index is 11.3. The predicted molar refractivity (Wildman–Crippen MR) is 82.1 cm³/mol. The molecule has 0 unspecified atom stereocenters. The number of aromatic carboxylic acids is 1. The van der Waals surface area contributed by atoms with Crippen LogP contribution in [0.2, 0.25) is 5.02 Å². The van der Waals surface area contributed by atoms with Crippen LogP contribution < -0.4 is 0 Å². The summed E-state index contributed by atoms with van der Waals surface area (Å²) in [7, 11) is 1.46. The van der Waals surface area contributed by atoms with Gasteiger partial charge in [0.25, 0.3) is 0 Å². The molecule has 0 aliphatic heterocycles. The molecule has 0 amide bonds. The van der Waals surface area contributed by atoms with Crippen molar-refractivity contribution in [3.8, 4) is 0 Å². The molecule has 0 bridgehead atoms. The number of rotatable bonds is 5. The number of hydrogen-bond donors (Lipinski definition) is 1. The van der Waals surface area contributed by atoms with Crippen molar-refractivity contribution in [1.82, 2.24) is 0 Å². The van der Waals surface area contributed by atoms with Crippen LogP contribution in [0.4, 0.5) is 0 Å². The normalized spacial score (nSPS) is 11.2. The molecule has 0 aliphatic rings. The van der Waals surface area contributed by atoms with Gasteiger partial charge < -0.3 is 9.94 Å². The molecule has 21 heavy (non-hydrogen) atoms. The fourth-order valence-electron chi connectivity index (χ4n) is 2.00. The Morgan fingerprint density at radius 3 is 2.48 bits per heavy atom. The molecular weight excluding hydrogens is 290 g/mol. The number of carboxylic acids is 1. The Morgan fingerprint density at radius 1 is 1.19 bits per heavy atom. The van der Waals surface area contributed by atoms with Gasteiger partial charge in [-0.3, -0.25) is 0 Å². The van der Waals surface area contributed by atoms with Crippen LogP contribution in [0.25, 0.3) is 0 Å². The second kappa shape index (κ2) is 6.90. The molecule has 0 saturated heterocycles. The molecule has 0 atom stereocenters. The van der Waals surface area contributed by atoms with Gasteiger partial charge in [0.05, 0.1) is 11.3 Å². The van der Waals surface area contributed by atoms with E-state index in [9.17, 15) is 9.90 Å². The van der Waals surface area contributed by atoms with E-state index in [0.717, 1.165) is 5.56 Å². The number of nitrogens with zero attached hydrogens (tertiary/aromatic N) is 1. The quantitative estimate of drug-likeness (QED) is 0.678. The monoisotopic (exact) mass is 303 g/mol. The van der Waals surface area contributed by atoms with Crippen LogP contribution in [-0.4, -0.2) is 23.9 Å². The highest BCUT2D eigenvalue weighted by Crippen LogP contribution is 2.16. The number of halogens is 1. The summed E-state index contributed by atoms with van der Waals surface area (Å²) in [5.41, 5.74) is 2.41. The molecule has 0 aliphatic carbocycles. The highest BCUT2D eigenvalue weighted by Gasteiger charge is 2.13. The van der Waals surface area contributed by atoms with E-state index in [4.69, 9.17) is 16.4 Å². The molecule has 0 heterocycles. The Kier molecular flexibility index (Phi) is 4.95. The van der Waals surface area contributed by atoms with Crippen LogP contribution in [0.5, 0.6) is 0 Å².